The number of benzene rings is 2. The van der Waals surface area contributed by atoms with Crippen LogP contribution in [0.3, 0.4) is 0 Å². The van der Waals surface area contributed by atoms with Gasteiger partial charge in [0.2, 0.25) is 0 Å². The molecule has 2 atom stereocenters. The van der Waals surface area contributed by atoms with Crippen LogP contribution in [0.2, 0.25) is 5.02 Å². The summed E-state index contributed by atoms with van der Waals surface area (Å²) in [6.07, 6.45) is 4.65. The Morgan fingerprint density at radius 1 is 1.09 bits per heavy atom. The maximum absolute atomic E-state index is 13.0. The third-order valence-electron chi connectivity index (χ3n) is 4.01. The molecule has 5 heteroatoms. The van der Waals surface area contributed by atoms with E-state index in [1.807, 2.05) is 30.3 Å². The number of ketones is 1. The van der Waals surface area contributed by atoms with Crippen LogP contribution in [0.5, 0.6) is 5.75 Å². The van der Waals surface area contributed by atoms with E-state index in [9.17, 15) is 4.79 Å². The van der Waals surface area contributed by atoms with E-state index in [2.05, 4.69) is 4.98 Å². The summed E-state index contributed by atoms with van der Waals surface area (Å²) in [5, 5.41) is 0.649. The van der Waals surface area contributed by atoms with Crippen molar-refractivity contribution in [3.63, 3.8) is 0 Å². The number of hydrogen-bond acceptors (Lipinski definition) is 3. The minimum Gasteiger partial charge on any atom is -0.482 e. The number of carbonyl (C=O) groups excluding carboxylic acids is 1. The average molecular weight is 325 g/mol. The zero-order chi connectivity index (χ0) is 15.8. The van der Waals surface area contributed by atoms with Crippen molar-refractivity contribution in [3.8, 4) is 5.75 Å². The zero-order valence-electron chi connectivity index (χ0n) is 12.1. The number of fused-ring (bicyclic) bond motifs is 1. The van der Waals surface area contributed by atoms with Gasteiger partial charge in [0, 0.05) is 17.4 Å². The highest BCUT2D eigenvalue weighted by Gasteiger charge is 2.39. The van der Waals surface area contributed by atoms with E-state index in [0.29, 0.717) is 16.3 Å². The maximum atomic E-state index is 13.0. The van der Waals surface area contributed by atoms with Gasteiger partial charge in [-0.1, -0.05) is 35.9 Å². The molecule has 3 aromatic rings. The van der Waals surface area contributed by atoms with E-state index < -0.39 is 12.1 Å². The highest BCUT2D eigenvalue weighted by atomic mass is 35.5. The SMILES string of the molecule is O=C1c2ccccc2O[C@@H](c2ccc(Cl)cc2)[C@@H]1n1ccnc1. The number of hydrogen-bond donors (Lipinski definition) is 0. The first-order valence-corrected chi connectivity index (χ1v) is 7.64. The Morgan fingerprint density at radius 2 is 1.87 bits per heavy atom. The molecule has 0 N–H and O–H groups in total. The molecule has 0 bridgehead atoms. The second-order valence-electron chi connectivity index (χ2n) is 5.41. The third kappa shape index (κ3) is 2.41. The van der Waals surface area contributed by atoms with E-state index in [4.69, 9.17) is 16.3 Å². The molecule has 1 aliphatic rings. The van der Waals surface area contributed by atoms with Crippen LogP contribution in [0.25, 0.3) is 0 Å². The number of para-hydroxylation sites is 1. The summed E-state index contributed by atoms with van der Waals surface area (Å²) >= 11 is 5.97. The molecule has 0 saturated heterocycles. The topological polar surface area (TPSA) is 44.1 Å². The number of ether oxygens (including phenoxy) is 1. The van der Waals surface area contributed by atoms with Crippen LogP contribution in [-0.4, -0.2) is 15.3 Å². The minimum absolute atomic E-state index is 0.0183. The number of nitrogens with zero attached hydrogens (tertiary/aromatic N) is 2. The molecule has 23 heavy (non-hydrogen) atoms. The van der Waals surface area contributed by atoms with Crippen LogP contribution in [0.15, 0.2) is 67.3 Å². The number of Topliss-reactive ketones (excluding diaryl/α,β-unsaturated/α-hetero) is 1. The molecule has 0 unspecified atom stereocenters. The van der Waals surface area contributed by atoms with E-state index in [1.165, 1.54) is 0 Å². The van der Waals surface area contributed by atoms with Crippen molar-refractivity contribution in [2.75, 3.05) is 0 Å². The smallest absolute Gasteiger partial charge is 0.193 e. The van der Waals surface area contributed by atoms with E-state index in [-0.39, 0.29) is 5.78 Å². The molecule has 114 valence electrons. The molecule has 0 spiro atoms. The van der Waals surface area contributed by atoms with Crippen molar-refractivity contribution >= 4 is 17.4 Å². The van der Waals surface area contributed by atoms with Gasteiger partial charge >= 0.3 is 0 Å². The molecule has 0 fully saturated rings. The van der Waals surface area contributed by atoms with Gasteiger partial charge in [-0.3, -0.25) is 4.79 Å². The van der Waals surface area contributed by atoms with Crippen molar-refractivity contribution in [3.05, 3.63) is 83.4 Å². The van der Waals surface area contributed by atoms with Gasteiger partial charge in [-0.2, -0.15) is 0 Å². The van der Waals surface area contributed by atoms with Crippen LogP contribution in [-0.2, 0) is 0 Å². The van der Waals surface area contributed by atoms with Crippen molar-refractivity contribution in [2.45, 2.75) is 12.1 Å². The van der Waals surface area contributed by atoms with Crippen LogP contribution < -0.4 is 4.74 Å². The number of imidazole rings is 1. The average Bonchev–Trinajstić information content (AvgIpc) is 3.09. The fraction of sp³-hybridized carbons (Fsp3) is 0.111. The highest BCUT2D eigenvalue weighted by Crippen LogP contribution is 2.41. The molecule has 0 saturated carbocycles. The summed E-state index contributed by atoms with van der Waals surface area (Å²) in [6, 6.07) is 14.2. The Bertz CT molecular complexity index is 844. The Hall–Kier alpha value is -2.59. The zero-order valence-corrected chi connectivity index (χ0v) is 12.9. The predicted molar refractivity (Wildman–Crippen MR) is 86.9 cm³/mol. The summed E-state index contributed by atoms with van der Waals surface area (Å²) in [5.74, 6) is 0.624. The van der Waals surface area contributed by atoms with E-state index in [1.54, 1.807) is 41.5 Å². The first-order valence-electron chi connectivity index (χ1n) is 7.27. The largest absolute Gasteiger partial charge is 0.482 e. The molecule has 2 heterocycles. The minimum atomic E-state index is -0.492. The van der Waals surface area contributed by atoms with Crippen molar-refractivity contribution < 1.29 is 9.53 Å². The standard InChI is InChI=1S/C18H13ClN2O2/c19-13-7-5-12(6-8-13)18-16(21-10-9-20-11-21)17(22)14-3-1-2-4-15(14)23-18/h1-11,16,18H/t16-,18+/m1/s1. The first-order chi connectivity index (χ1) is 11.2. The quantitative estimate of drug-likeness (QED) is 0.713. The molecular formula is C18H13ClN2O2. The Labute approximate surface area is 138 Å². The molecule has 1 aliphatic heterocycles. The van der Waals surface area contributed by atoms with E-state index >= 15 is 0 Å². The van der Waals surface area contributed by atoms with Crippen LogP contribution in [0.4, 0.5) is 0 Å². The number of rotatable bonds is 2. The van der Waals surface area contributed by atoms with Gasteiger partial charge in [0.1, 0.15) is 11.8 Å². The molecule has 4 rings (SSSR count). The molecule has 1 aromatic heterocycles. The summed E-state index contributed by atoms with van der Waals surface area (Å²) in [4.78, 5) is 17.1. The lowest BCUT2D eigenvalue weighted by Crippen LogP contribution is -2.33. The van der Waals surface area contributed by atoms with Crippen LogP contribution >= 0.6 is 11.6 Å². The molecule has 0 amide bonds. The first kappa shape index (κ1) is 14.0. The van der Waals surface area contributed by atoms with Crippen LogP contribution in [0, 0.1) is 0 Å². The lowest BCUT2D eigenvalue weighted by molar-refractivity contribution is 0.0677. The summed E-state index contributed by atoms with van der Waals surface area (Å²) in [6.45, 7) is 0. The molecule has 0 radical (unpaired) electrons. The predicted octanol–water partition coefficient (Wildman–Crippen LogP) is 4.09. The molecule has 0 aliphatic carbocycles. The van der Waals surface area contributed by atoms with Gasteiger partial charge in [0.05, 0.1) is 11.9 Å². The number of carbonyl (C=O) groups is 1. The summed E-state index contributed by atoms with van der Waals surface area (Å²) < 4.78 is 7.94. The molecule has 4 nitrogen and oxygen atoms in total. The lowest BCUT2D eigenvalue weighted by Gasteiger charge is -2.33. The number of aromatic nitrogens is 2. The van der Waals surface area contributed by atoms with E-state index in [0.717, 1.165) is 5.56 Å². The Morgan fingerprint density at radius 3 is 2.61 bits per heavy atom. The van der Waals surface area contributed by atoms with Gasteiger partial charge in [-0.15, -0.1) is 0 Å². The fourth-order valence-corrected chi connectivity index (χ4v) is 3.03. The van der Waals surface area contributed by atoms with Gasteiger partial charge in [-0.05, 0) is 29.8 Å². The van der Waals surface area contributed by atoms with Gasteiger partial charge in [0.25, 0.3) is 0 Å². The normalized spacial score (nSPS) is 20.0. The third-order valence-corrected chi connectivity index (χ3v) is 4.26. The molecule has 2 aromatic carbocycles. The van der Waals surface area contributed by atoms with Crippen molar-refractivity contribution in [1.82, 2.24) is 9.55 Å². The summed E-state index contributed by atoms with van der Waals surface area (Å²) in [7, 11) is 0. The monoisotopic (exact) mass is 324 g/mol. The van der Waals surface area contributed by atoms with Gasteiger partial charge in [0.15, 0.2) is 11.9 Å². The fourth-order valence-electron chi connectivity index (χ4n) is 2.90. The maximum Gasteiger partial charge on any atom is 0.193 e. The second kappa shape index (κ2) is 5.56. The van der Waals surface area contributed by atoms with Gasteiger partial charge in [-0.25, -0.2) is 4.98 Å². The second-order valence-corrected chi connectivity index (χ2v) is 5.84. The van der Waals surface area contributed by atoms with Crippen molar-refractivity contribution in [2.24, 2.45) is 0 Å². The van der Waals surface area contributed by atoms with Crippen molar-refractivity contribution in [1.29, 1.82) is 0 Å². The van der Waals surface area contributed by atoms with Gasteiger partial charge < -0.3 is 9.30 Å². The van der Waals surface area contributed by atoms with Crippen LogP contribution in [0.1, 0.15) is 28.1 Å². The molecular weight excluding hydrogens is 312 g/mol. The Kier molecular flexibility index (Phi) is 3.39. The highest BCUT2D eigenvalue weighted by molar-refractivity contribution is 6.30. The Balaban J connectivity index is 1.85. The lowest BCUT2D eigenvalue weighted by atomic mass is 9.91. The summed E-state index contributed by atoms with van der Waals surface area (Å²) in [5.41, 5.74) is 1.49. The number of halogens is 1.